The number of hydrogen-bond acceptors (Lipinski definition) is 3. The van der Waals surface area contributed by atoms with Gasteiger partial charge in [-0.15, -0.1) is 0 Å². The van der Waals surface area contributed by atoms with Gasteiger partial charge in [0.05, 0.1) is 45.9 Å². The van der Waals surface area contributed by atoms with Crippen molar-refractivity contribution in [3.05, 3.63) is 187 Å². The first-order valence-corrected chi connectivity index (χ1v) is 18.4. The van der Waals surface area contributed by atoms with Crippen LogP contribution in [0.1, 0.15) is 16.7 Å². The monoisotopic (exact) mass is 652 g/mol. The minimum atomic E-state index is -3.10. The topological polar surface area (TPSA) is 76.3 Å². The summed E-state index contributed by atoms with van der Waals surface area (Å²) >= 11 is 0. The molecule has 0 amide bonds. The molecule has 1 heterocycles. The third-order valence-corrected chi connectivity index (χ3v) is 14.4. The first-order chi connectivity index (χ1) is 24.7. The molecule has 0 spiro atoms. The van der Waals surface area contributed by atoms with Crippen LogP contribution in [-0.4, -0.2) is 12.6 Å². The van der Waals surface area contributed by atoms with Crippen LogP contribution in [0.3, 0.4) is 0 Å². The third-order valence-electron chi connectivity index (χ3n) is 9.63. The number of para-hydroxylation sites is 1. The van der Waals surface area contributed by atoms with E-state index in [1.807, 2.05) is 54.6 Å². The van der Waals surface area contributed by atoms with Crippen LogP contribution >= 0.6 is 0 Å². The van der Waals surface area contributed by atoms with Crippen LogP contribution in [0.5, 0.6) is 0 Å². The zero-order chi connectivity index (χ0) is 34.1. The van der Waals surface area contributed by atoms with Gasteiger partial charge in [0.15, 0.2) is 0 Å². The van der Waals surface area contributed by atoms with Gasteiger partial charge in [0.2, 0.25) is 0 Å². The van der Waals surface area contributed by atoms with Crippen molar-refractivity contribution >= 4 is 50.6 Å². The van der Waals surface area contributed by atoms with Gasteiger partial charge < -0.3 is 4.57 Å². The van der Waals surface area contributed by atoms with Crippen LogP contribution in [0.25, 0.3) is 38.6 Å². The summed E-state index contributed by atoms with van der Waals surface area (Å²) in [6.45, 7) is 0. The smallest absolute Gasteiger partial charge is 0.0997 e. The lowest BCUT2D eigenvalue weighted by Crippen LogP contribution is -2.75. The molecule has 0 bridgehead atoms. The normalized spacial score (nSPS) is 11.1. The second-order valence-corrected chi connectivity index (χ2v) is 16.0. The van der Waals surface area contributed by atoms with Crippen molar-refractivity contribution in [1.82, 2.24) is 4.57 Å². The van der Waals surface area contributed by atoms with E-state index in [1.165, 1.54) is 0 Å². The van der Waals surface area contributed by atoms with E-state index in [9.17, 15) is 15.8 Å². The van der Waals surface area contributed by atoms with Gasteiger partial charge in [0, 0.05) is 16.5 Å². The number of rotatable bonds is 6. The summed E-state index contributed by atoms with van der Waals surface area (Å²) in [4.78, 5) is 0. The standard InChI is InChI=1S/C45H28N4Si/c46-29-32-20-25-43-41(27-32)40-18-10-11-19-42(40)49(43)36-23-21-34(22-24-36)45-35(31-48)26-33(30-47)28-44(45)50(37-12-4-1-5-13-37,38-14-6-2-7-15-38)39-16-8-3-9-17-39/h1-28H/q-1. The van der Waals surface area contributed by atoms with Gasteiger partial charge in [-0.2, -0.15) is 36.5 Å². The van der Waals surface area contributed by atoms with Crippen molar-refractivity contribution < 1.29 is 0 Å². The van der Waals surface area contributed by atoms with Gasteiger partial charge in [-0.05, 0) is 61.7 Å². The Morgan fingerprint density at radius 2 is 0.980 bits per heavy atom. The third kappa shape index (κ3) is 4.80. The molecule has 5 heteroatoms. The highest BCUT2D eigenvalue weighted by Gasteiger charge is 2.31. The van der Waals surface area contributed by atoms with Crippen LogP contribution in [0.4, 0.5) is 0 Å². The fourth-order valence-electron chi connectivity index (χ4n) is 7.53. The zero-order valence-electron chi connectivity index (χ0n) is 27.0. The Labute approximate surface area is 291 Å². The van der Waals surface area contributed by atoms with Gasteiger partial charge >= 0.3 is 0 Å². The lowest BCUT2D eigenvalue weighted by molar-refractivity contribution is 1.18. The summed E-state index contributed by atoms with van der Waals surface area (Å²) in [5.74, 6) is 0. The zero-order valence-corrected chi connectivity index (χ0v) is 28.0. The molecule has 0 saturated heterocycles. The highest BCUT2D eigenvalue weighted by molar-refractivity contribution is 7.20. The highest BCUT2D eigenvalue weighted by Crippen LogP contribution is 2.34. The molecule has 1 aromatic heterocycles. The van der Waals surface area contributed by atoms with Crippen LogP contribution < -0.4 is 20.7 Å². The average Bonchev–Trinajstić information content (AvgIpc) is 3.53. The van der Waals surface area contributed by atoms with Gasteiger partial charge in [-0.1, -0.05) is 127 Å². The summed E-state index contributed by atoms with van der Waals surface area (Å²) in [7, 11) is -3.10. The number of nitrogens with zero attached hydrogens (tertiary/aromatic N) is 4. The Balaban J connectivity index is 1.43. The first-order valence-electron chi connectivity index (χ1n) is 16.4. The molecule has 50 heavy (non-hydrogen) atoms. The molecular weight excluding hydrogens is 625 g/mol. The van der Waals surface area contributed by atoms with Crippen molar-refractivity contribution in [2.75, 3.05) is 0 Å². The molecule has 8 aromatic rings. The van der Waals surface area contributed by atoms with Crippen molar-refractivity contribution in [3.63, 3.8) is 0 Å². The predicted octanol–water partition coefficient (Wildman–Crippen LogP) is 7.44. The molecule has 233 valence electrons. The SMILES string of the molecule is N#Cc1cc(C#N)c(-c2ccc(-n3c4ccccc4c4cc(C#N)ccc43)cc2)c([Si-](c2ccccc2)(c2ccccc2)c2ccccc2)c1. The minimum absolute atomic E-state index is 0.457. The highest BCUT2D eigenvalue weighted by atomic mass is 28.3. The van der Waals surface area contributed by atoms with Crippen molar-refractivity contribution in [3.8, 4) is 35.0 Å². The summed E-state index contributed by atoms with van der Waals surface area (Å²) in [6, 6.07) is 64.9. The number of fused-ring (bicyclic) bond motifs is 3. The Morgan fingerprint density at radius 1 is 0.440 bits per heavy atom. The van der Waals surface area contributed by atoms with E-state index in [0.717, 1.165) is 59.4 Å². The van der Waals surface area contributed by atoms with E-state index in [0.29, 0.717) is 16.7 Å². The number of hydrogen-bond donors (Lipinski definition) is 0. The van der Waals surface area contributed by atoms with E-state index in [-0.39, 0.29) is 0 Å². The molecule has 4 nitrogen and oxygen atoms in total. The van der Waals surface area contributed by atoms with Crippen molar-refractivity contribution in [1.29, 1.82) is 15.8 Å². The lowest BCUT2D eigenvalue weighted by Gasteiger charge is -2.48. The van der Waals surface area contributed by atoms with Crippen molar-refractivity contribution in [2.24, 2.45) is 0 Å². The quantitative estimate of drug-likeness (QED) is 0.138. The largest absolute Gasteiger partial charge is 0.309 e. The van der Waals surface area contributed by atoms with Gasteiger partial charge in [-0.3, -0.25) is 0 Å². The molecule has 0 saturated carbocycles. The van der Waals surface area contributed by atoms with Crippen molar-refractivity contribution in [2.45, 2.75) is 0 Å². The summed E-state index contributed by atoms with van der Waals surface area (Å²) < 4.78 is 2.22. The molecule has 8 rings (SSSR count). The lowest BCUT2D eigenvalue weighted by atomic mass is 9.98. The summed E-state index contributed by atoms with van der Waals surface area (Å²) in [5, 5.41) is 37.2. The van der Waals surface area contributed by atoms with E-state index >= 15 is 0 Å². The fourth-order valence-corrected chi connectivity index (χ4v) is 12.6. The summed E-state index contributed by atoms with van der Waals surface area (Å²) in [5.41, 5.74) is 6.31. The molecule has 0 radical (unpaired) electrons. The van der Waals surface area contributed by atoms with Crippen LogP contribution in [0.15, 0.2) is 170 Å². The molecule has 0 unspecified atom stereocenters. The Hall–Kier alpha value is -6.97. The number of nitriles is 3. The predicted molar refractivity (Wildman–Crippen MR) is 204 cm³/mol. The van der Waals surface area contributed by atoms with E-state index in [4.69, 9.17) is 0 Å². The summed E-state index contributed by atoms with van der Waals surface area (Å²) in [6.07, 6.45) is 0. The fraction of sp³-hybridized carbons (Fsp3) is 0. The Bertz CT molecular complexity index is 2560. The minimum Gasteiger partial charge on any atom is -0.309 e. The molecule has 0 fully saturated rings. The number of aromatic nitrogens is 1. The average molecular weight is 653 g/mol. The molecule has 0 atom stereocenters. The Kier molecular flexibility index (Phi) is 7.63. The maximum absolute atomic E-state index is 10.7. The van der Waals surface area contributed by atoms with E-state index in [1.54, 1.807) is 6.07 Å². The molecule has 0 aliphatic carbocycles. The molecule has 0 N–H and O–H groups in total. The first kappa shape index (κ1) is 30.4. The van der Waals surface area contributed by atoms with Gasteiger partial charge in [0.1, 0.15) is 0 Å². The van der Waals surface area contributed by atoms with Crippen LogP contribution in [0.2, 0.25) is 0 Å². The maximum Gasteiger partial charge on any atom is 0.0997 e. The van der Waals surface area contributed by atoms with Crippen LogP contribution in [-0.2, 0) is 0 Å². The molecule has 0 aliphatic heterocycles. The molecule has 0 aliphatic rings. The van der Waals surface area contributed by atoms with E-state index in [2.05, 4.69) is 132 Å². The van der Waals surface area contributed by atoms with Crippen LogP contribution in [0, 0.1) is 34.0 Å². The number of benzene rings is 7. The second kappa shape index (κ2) is 12.6. The maximum atomic E-state index is 10.7. The Morgan fingerprint density at radius 3 is 1.54 bits per heavy atom. The van der Waals surface area contributed by atoms with Gasteiger partial charge in [0.25, 0.3) is 0 Å². The molecule has 7 aromatic carbocycles. The molecular formula is C45H28N4Si-. The van der Waals surface area contributed by atoms with Gasteiger partial charge in [-0.25, -0.2) is 0 Å². The second-order valence-electron chi connectivity index (χ2n) is 12.3. The van der Waals surface area contributed by atoms with E-state index < -0.39 is 8.07 Å².